The van der Waals surface area contributed by atoms with Crippen LogP contribution in [0.25, 0.3) is 10.8 Å². The molecule has 0 unspecified atom stereocenters. The minimum atomic E-state index is -4.21. The summed E-state index contributed by atoms with van der Waals surface area (Å²) < 4.78 is 175. The Labute approximate surface area is 675 Å². The number of carbonyl (C=O) groups excluding carboxylic acids is 8. The summed E-state index contributed by atoms with van der Waals surface area (Å²) in [4.78, 5) is 99.9. The van der Waals surface area contributed by atoms with Crippen LogP contribution in [0.5, 0.6) is 0 Å². The first kappa shape index (κ1) is 98.2. The molecule has 2 aromatic heterocycles. The Hall–Kier alpha value is -9.95. The highest BCUT2D eigenvalue weighted by Crippen LogP contribution is 2.26. The largest absolute Gasteiger partial charge is 0.301 e. The molecule has 8 amide bonds. The Balaban J connectivity index is 0.000000356. The second-order valence-corrected chi connectivity index (χ2v) is 39.7. The fourth-order valence-corrected chi connectivity index (χ4v) is 16.8. The summed E-state index contributed by atoms with van der Waals surface area (Å²) in [5.74, 6) is -7.26. The molecular formula is C65H78Cl2N14O24S9. The summed E-state index contributed by atoms with van der Waals surface area (Å²) in [7, 11) is -27.9. The average Bonchev–Trinajstić information content (AvgIpc) is 1.27. The first-order valence-electron chi connectivity index (χ1n) is 32.4. The lowest BCUT2D eigenvalue weighted by molar-refractivity contribution is -0.384. The van der Waals surface area contributed by atoms with Crippen molar-refractivity contribution in [2.45, 2.75) is 123 Å². The number of amides is 8. The molecule has 0 aliphatic rings. The molecule has 8 rings (SSSR count). The lowest BCUT2D eigenvalue weighted by Crippen LogP contribution is -2.33. The molecule has 49 heteroatoms. The van der Waals surface area contributed by atoms with Gasteiger partial charge in [-0.1, -0.05) is 177 Å². The molecule has 2 heterocycles. The highest BCUT2D eigenvalue weighted by molar-refractivity contribution is 7.93. The minimum Gasteiger partial charge on any atom is -0.301 e. The standard InChI is InChI=1S/C14H15NO3S.C13H13ClN4O4S2.C10H13ClN2O5S2.C10H12N2O5S.C10H13NO3S.C8H12N4O4S2/c1-10(2)14(16)15-19(17,18)13-8-7-11-5-3-4-6-12(11)9-13;1-7(2)10(19)18-24(21,22)13-17-16-12(23-13)15-11(20)8-3-5-9(14)6-4-8;1-6(2)10(14)13-20(17,18)9-4-7(11)3-8(5-9)19(12,15)16;1-7(2)10(13)11-18(16,17)9-5-3-8(4-6-9)12(14)15;1-8(2)10(12)11-15(13,14)9-6-4-3-5-7-9;1-4(2)6(14)12-18(15,16)8-11-10-7(17-8)9-5(3)13/h3-10H,1-2H3,(H,15,16);3-7H,1-2H3,(H,18,19)(H,15,16,20);3-6H,1-2H3,(H,13,14)(H2,12,15,16);3-7H,1-2H3,(H,11,13);3-8H,1-2H3,(H,11,12);4H,1-3H3,(H,12,14)(H,9,10,13). The third-order valence-corrected chi connectivity index (χ3v) is 25.2. The Morgan fingerprint density at radius 2 is 0.711 bits per heavy atom. The van der Waals surface area contributed by atoms with Gasteiger partial charge in [-0.05, 0) is 89.6 Å². The Morgan fingerprint density at radius 3 is 1.09 bits per heavy atom. The number of nitrogens with zero attached hydrogens (tertiary/aromatic N) is 5. The predicted octanol–water partition coefficient (Wildman–Crippen LogP) is 6.81. The number of halogens is 2. The molecule has 38 nitrogen and oxygen atoms in total. The van der Waals surface area contributed by atoms with Crippen molar-refractivity contribution in [1.29, 1.82) is 0 Å². The summed E-state index contributed by atoms with van der Waals surface area (Å²) >= 11 is 12.7. The third kappa shape index (κ3) is 32.1. The molecule has 0 aliphatic heterocycles. The first-order valence-corrected chi connectivity index (χ1v) is 45.3. The number of primary sulfonamides is 1. The number of nitro benzene ring substituents is 1. The number of benzene rings is 6. The molecule has 0 saturated heterocycles. The van der Waals surface area contributed by atoms with E-state index in [1.807, 2.05) is 47.9 Å². The SMILES string of the molecule is CC(=O)Nc1nnc(S(=O)(=O)NC(=O)C(C)C)s1.CC(C)C(=O)NS(=O)(=O)c1cc(Cl)cc(S(N)(=O)=O)c1.CC(C)C(=O)NS(=O)(=O)c1ccc([N+](=O)[O-])cc1.CC(C)C(=O)NS(=O)(=O)c1ccc2ccccc2c1.CC(C)C(=O)NS(=O)(=O)c1ccccc1.CC(C)C(=O)NS(=O)(=O)c1nnc(NC(=O)c2ccc(Cl)cc2)s1. The van der Waals surface area contributed by atoms with Crippen LogP contribution in [0.3, 0.4) is 0 Å². The van der Waals surface area contributed by atoms with Gasteiger partial charge >= 0.3 is 0 Å². The smallest absolute Gasteiger partial charge is 0.293 e. The number of nitrogens with one attached hydrogen (secondary N) is 8. The normalized spacial score (nSPS) is 11.6. The summed E-state index contributed by atoms with van der Waals surface area (Å²) in [5.41, 5.74) is 0.108. The predicted molar refractivity (Wildman–Crippen MR) is 421 cm³/mol. The number of sulfonamides is 7. The lowest BCUT2D eigenvalue weighted by Gasteiger charge is -2.10. The summed E-state index contributed by atoms with van der Waals surface area (Å²) in [6, 6.07) is 33.3. The molecule has 0 atom stereocenters. The second kappa shape index (κ2) is 42.4. The molecule has 0 radical (unpaired) electrons. The second-order valence-electron chi connectivity index (χ2n) is 24.9. The van der Waals surface area contributed by atoms with Crippen LogP contribution in [-0.2, 0) is 104 Å². The van der Waals surface area contributed by atoms with E-state index in [0.29, 0.717) is 33.3 Å². The number of nitro groups is 1. The van der Waals surface area contributed by atoms with E-state index >= 15 is 0 Å². The van der Waals surface area contributed by atoms with Crippen molar-refractivity contribution in [2.75, 3.05) is 10.6 Å². The maximum Gasteiger partial charge on any atom is 0.293 e. The molecule has 0 spiro atoms. The molecule has 0 fully saturated rings. The molecule has 6 aromatic carbocycles. The number of non-ortho nitro benzene ring substituents is 1. The van der Waals surface area contributed by atoms with E-state index < -0.39 is 154 Å². The average molecular weight is 1800 g/mol. The van der Waals surface area contributed by atoms with Crippen LogP contribution < -0.4 is 44.1 Å². The fourth-order valence-electron chi connectivity index (χ4n) is 7.02. The lowest BCUT2D eigenvalue weighted by atomic mass is 10.1. The van der Waals surface area contributed by atoms with Gasteiger partial charge in [0, 0.05) is 70.2 Å². The van der Waals surface area contributed by atoms with Crippen molar-refractivity contribution in [1.82, 2.24) is 48.7 Å². The highest BCUT2D eigenvalue weighted by Gasteiger charge is 2.29. The Bertz CT molecular complexity index is 5680. The van der Waals surface area contributed by atoms with Gasteiger partial charge in [0.2, 0.25) is 61.6 Å². The van der Waals surface area contributed by atoms with Gasteiger partial charge in [-0.25, -0.2) is 75.6 Å². The molecule has 0 aliphatic carbocycles. The maximum absolute atomic E-state index is 12.1. The molecule has 620 valence electrons. The first-order chi connectivity index (χ1) is 52.4. The van der Waals surface area contributed by atoms with Gasteiger partial charge in [-0.3, -0.25) is 53.8 Å². The van der Waals surface area contributed by atoms with Gasteiger partial charge in [0.25, 0.3) is 80.4 Å². The number of rotatable bonds is 23. The van der Waals surface area contributed by atoms with Crippen molar-refractivity contribution >= 4 is 190 Å². The van der Waals surface area contributed by atoms with E-state index in [-0.39, 0.29) is 57.7 Å². The Kier molecular flexibility index (Phi) is 36.6. The van der Waals surface area contributed by atoms with E-state index in [9.17, 15) is 107 Å². The van der Waals surface area contributed by atoms with E-state index in [1.165, 1.54) is 51.1 Å². The number of hydrogen-bond donors (Lipinski definition) is 9. The summed E-state index contributed by atoms with van der Waals surface area (Å²) in [6.07, 6.45) is 0. The van der Waals surface area contributed by atoms with Crippen LogP contribution in [0.4, 0.5) is 16.0 Å². The van der Waals surface area contributed by atoms with Gasteiger partial charge in [-0.15, -0.1) is 20.4 Å². The molecule has 114 heavy (non-hydrogen) atoms. The van der Waals surface area contributed by atoms with Crippen LogP contribution in [0.1, 0.15) is 100 Å². The molecule has 0 bridgehead atoms. The van der Waals surface area contributed by atoms with Crippen molar-refractivity contribution in [3.63, 3.8) is 0 Å². The van der Waals surface area contributed by atoms with E-state index in [4.69, 9.17) is 28.3 Å². The van der Waals surface area contributed by atoms with Gasteiger partial charge in [0.05, 0.1) is 29.4 Å². The van der Waals surface area contributed by atoms with Crippen LogP contribution in [0.2, 0.25) is 10.0 Å². The van der Waals surface area contributed by atoms with Gasteiger partial charge in [-0.2, -0.15) is 16.8 Å². The number of nitrogens with two attached hydrogens (primary N) is 1. The topological polar surface area (TPSA) is 592 Å². The van der Waals surface area contributed by atoms with Crippen molar-refractivity contribution < 1.29 is 102 Å². The van der Waals surface area contributed by atoms with Crippen LogP contribution in [0.15, 0.2) is 173 Å². The third-order valence-electron chi connectivity index (χ3n) is 13.4. The maximum atomic E-state index is 12.1. The van der Waals surface area contributed by atoms with E-state index in [1.54, 1.807) is 112 Å². The zero-order valence-electron chi connectivity index (χ0n) is 62.3. The van der Waals surface area contributed by atoms with E-state index in [2.05, 4.69) is 35.8 Å². The monoisotopic (exact) mass is 1800 g/mol. The fraction of sp³-hybridized carbons (Fsp3) is 0.292. The number of hydrogen-bond acceptors (Lipinski definition) is 30. The van der Waals surface area contributed by atoms with Crippen molar-refractivity contribution in [2.24, 2.45) is 40.6 Å². The molecule has 8 aromatic rings. The van der Waals surface area contributed by atoms with Crippen LogP contribution in [-0.4, -0.2) is 132 Å². The quantitative estimate of drug-likeness (QED) is 0.0180. The number of aromatic nitrogens is 4. The van der Waals surface area contributed by atoms with Crippen LogP contribution in [0, 0.1) is 45.6 Å². The summed E-state index contributed by atoms with van der Waals surface area (Å²) in [5, 5.41) is 36.2. The van der Waals surface area contributed by atoms with E-state index in [0.717, 1.165) is 53.2 Å². The van der Waals surface area contributed by atoms with Crippen LogP contribution >= 0.6 is 45.9 Å². The number of anilines is 2. The van der Waals surface area contributed by atoms with Gasteiger partial charge in [0.15, 0.2) is 0 Å². The zero-order chi connectivity index (χ0) is 87.0. The zero-order valence-corrected chi connectivity index (χ0v) is 71.1. The van der Waals surface area contributed by atoms with Gasteiger partial charge in [0.1, 0.15) is 0 Å². The molecule has 0 saturated carbocycles. The van der Waals surface area contributed by atoms with Gasteiger partial charge < -0.3 is 5.32 Å². The number of fused-ring (bicyclic) bond motifs is 1. The highest BCUT2D eigenvalue weighted by atomic mass is 35.5. The molecular weight excluding hydrogens is 1720 g/mol. The summed E-state index contributed by atoms with van der Waals surface area (Å²) in [6.45, 7) is 20.2. The Morgan fingerprint density at radius 1 is 0.377 bits per heavy atom. The van der Waals surface area contributed by atoms with Crippen molar-refractivity contribution in [3.05, 3.63) is 165 Å². The number of carbonyl (C=O) groups is 8. The minimum absolute atomic E-state index is 0.00711. The molecule has 10 N–H and O–H groups in total. The van der Waals surface area contributed by atoms with Crippen molar-refractivity contribution in [3.8, 4) is 0 Å².